The third-order valence-electron chi connectivity index (χ3n) is 3.32. The average molecular weight is 280 g/mol. The summed E-state index contributed by atoms with van der Waals surface area (Å²) in [5.41, 5.74) is 3.12. The van der Waals surface area contributed by atoms with E-state index < -0.39 is 10.8 Å². The van der Waals surface area contributed by atoms with Crippen LogP contribution < -0.4 is 10.6 Å². The number of carbonyl (C=O) groups excluding carboxylic acids is 1. The minimum absolute atomic E-state index is 0.0492. The van der Waals surface area contributed by atoms with Crippen molar-refractivity contribution in [2.24, 2.45) is 0 Å². The van der Waals surface area contributed by atoms with Crippen LogP contribution in [-0.2, 0) is 23.8 Å². The number of carbonyl (C=O) groups is 1. The Labute approximate surface area is 116 Å². The van der Waals surface area contributed by atoms with E-state index in [4.69, 9.17) is 0 Å². The number of benzene rings is 1. The number of hydrogen-bond donors (Lipinski definition) is 2. The molecular weight excluding hydrogens is 260 g/mol. The fourth-order valence-corrected chi connectivity index (χ4v) is 2.88. The molecule has 0 saturated heterocycles. The summed E-state index contributed by atoms with van der Waals surface area (Å²) in [6, 6.07) is 5.85. The highest BCUT2D eigenvalue weighted by Gasteiger charge is 2.16. The van der Waals surface area contributed by atoms with Crippen molar-refractivity contribution in [1.82, 2.24) is 10.6 Å². The van der Waals surface area contributed by atoms with Gasteiger partial charge in [0.05, 0.1) is 0 Å². The number of rotatable bonds is 5. The molecule has 0 radical (unpaired) electrons. The van der Waals surface area contributed by atoms with Crippen LogP contribution in [0.25, 0.3) is 0 Å². The number of amides is 1. The molecule has 1 aliphatic rings. The Morgan fingerprint density at radius 1 is 1.47 bits per heavy atom. The predicted molar refractivity (Wildman–Crippen MR) is 77.7 cm³/mol. The topological polar surface area (TPSA) is 58.2 Å². The summed E-state index contributed by atoms with van der Waals surface area (Å²) in [6.07, 6.45) is 0.889. The van der Waals surface area contributed by atoms with Gasteiger partial charge in [0.25, 0.3) is 5.91 Å². The van der Waals surface area contributed by atoms with E-state index >= 15 is 0 Å². The SMILES string of the molecule is CCS(=O)CCNC(=O)c1cccc2c1CCNC2. The van der Waals surface area contributed by atoms with E-state index in [0.717, 1.165) is 30.6 Å². The second kappa shape index (κ2) is 6.82. The summed E-state index contributed by atoms with van der Waals surface area (Å²) in [7, 11) is -0.826. The summed E-state index contributed by atoms with van der Waals surface area (Å²) < 4.78 is 11.3. The largest absolute Gasteiger partial charge is 0.351 e. The normalized spacial score (nSPS) is 15.6. The molecule has 1 aromatic carbocycles. The molecule has 0 fully saturated rings. The minimum atomic E-state index is -0.826. The van der Waals surface area contributed by atoms with Gasteiger partial charge in [0.1, 0.15) is 0 Å². The zero-order valence-corrected chi connectivity index (χ0v) is 12.0. The Kier molecular flexibility index (Phi) is 5.10. The molecule has 0 aromatic heterocycles. The van der Waals surface area contributed by atoms with Crippen LogP contribution in [0.3, 0.4) is 0 Å². The first-order valence-electron chi connectivity index (χ1n) is 6.67. The zero-order valence-electron chi connectivity index (χ0n) is 11.2. The lowest BCUT2D eigenvalue weighted by molar-refractivity contribution is 0.0955. The maximum absolute atomic E-state index is 12.2. The molecule has 0 aliphatic carbocycles. The van der Waals surface area contributed by atoms with Crippen molar-refractivity contribution in [3.8, 4) is 0 Å². The molecular formula is C14H20N2O2S. The molecule has 0 saturated carbocycles. The Balaban J connectivity index is 2.01. The van der Waals surface area contributed by atoms with E-state index in [1.807, 2.05) is 19.1 Å². The summed E-state index contributed by atoms with van der Waals surface area (Å²) in [4.78, 5) is 12.2. The average Bonchev–Trinajstić information content (AvgIpc) is 2.46. The quantitative estimate of drug-likeness (QED) is 0.840. The van der Waals surface area contributed by atoms with Gasteiger partial charge in [0, 0.05) is 41.0 Å². The van der Waals surface area contributed by atoms with Crippen LogP contribution in [0.1, 0.15) is 28.4 Å². The maximum Gasteiger partial charge on any atom is 0.251 e. The van der Waals surface area contributed by atoms with Crippen LogP contribution >= 0.6 is 0 Å². The molecule has 5 heteroatoms. The van der Waals surface area contributed by atoms with Gasteiger partial charge in [-0.3, -0.25) is 9.00 Å². The third kappa shape index (κ3) is 3.64. The van der Waals surface area contributed by atoms with E-state index in [9.17, 15) is 9.00 Å². The molecule has 1 heterocycles. The fraction of sp³-hybridized carbons (Fsp3) is 0.500. The van der Waals surface area contributed by atoms with Crippen LogP contribution in [0.4, 0.5) is 0 Å². The smallest absolute Gasteiger partial charge is 0.251 e. The molecule has 1 atom stereocenters. The zero-order chi connectivity index (χ0) is 13.7. The van der Waals surface area contributed by atoms with Gasteiger partial charge in [-0.2, -0.15) is 0 Å². The number of nitrogens with one attached hydrogen (secondary N) is 2. The van der Waals surface area contributed by atoms with Crippen molar-refractivity contribution in [3.05, 3.63) is 34.9 Å². The predicted octanol–water partition coefficient (Wildman–Crippen LogP) is 0.831. The van der Waals surface area contributed by atoms with Gasteiger partial charge in [-0.05, 0) is 30.2 Å². The standard InChI is InChI=1S/C14H20N2O2S/c1-2-19(18)9-8-16-14(17)13-5-3-4-11-10-15-7-6-12(11)13/h3-5,15H,2,6-10H2,1H3,(H,16,17). The molecule has 1 aromatic rings. The van der Waals surface area contributed by atoms with E-state index in [2.05, 4.69) is 16.7 Å². The molecule has 19 heavy (non-hydrogen) atoms. The minimum Gasteiger partial charge on any atom is -0.351 e. The lowest BCUT2D eigenvalue weighted by Crippen LogP contribution is -2.31. The third-order valence-corrected chi connectivity index (χ3v) is 4.63. The second-order valence-electron chi connectivity index (χ2n) is 4.56. The van der Waals surface area contributed by atoms with Crippen LogP contribution in [0.2, 0.25) is 0 Å². The molecule has 1 amide bonds. The van der Waals surface area contributed by atoms with E-state index in [-0.39, 0.29) is 5.91 Å². The highest BCUT2D eigenvalue weighted by molar-refractivity contribution is 7.84. The molecule has 104 valence electrons. The van der Waals surface area contributed by atoms with E-state index in [1.165, 1.54) is 5.56 Å². The van der Waals surface area contributed by atoms with Crippen molar-refractivity contribution < 1.29 is 9.00 Å². The maximum atomic E-state index is 12.2. The molecule has 4 nitrogen and oxygen atoms in total. The summed E-state index contributed by atoms with van der Waals surface area (Å²) >= 11 is 0. The Morgan fingerprint density at radius 3 is 3.11 bits per heavy atom. The molecule has 0 bridgehead atoms. The summed E-state index contributed by atoms with van der Waals surface area (Å²) in [6.45, 7) is 4.10. The van der Waals surface area contributed by atoms with Crippen molar-refractivity contribution >= 4 is 16.7 Å². The summed E-state index contributed by atoms with van der Waals surface area (Å²) in [5.74, 6) is 1.12. The highest BCUT2D eigenvalue weighted by Crippen LogP contribution is 2.18. The van der Waals surface area contributed by atoms with Crippen LogP contribution in [0, 0.1) is 0 Å². The number of hydrogen-bond acceptors (Lipinski definition) is 3. The highest BCUT2D eigenvalue weighted by atomic mass is 32.2. The molecule has 2 N–H and O–H groups in total. The molecule has 1 unspecified atom stereocenters. The lowest BCUT2D eigenvalue weighted by atomic mass is 9.95. The summed E-state index contributed by atoms with van der Waals surface area (Å²) in [5, 5.41) is 6.16. The van der Waals surface area contributed by atoms with Gasteiger partial charge >= 0.3 is 0 Å². The fourth-order valence-electron chi connectivity index (χ4n) is 2.26. The van der Waals surface area contributed by atoms with E-state index in [0.29, 0.717) is 18.1 Å². The lowest BCUT2D eigenvalue weighted by Gasteiger charge is -2.19. The van der Waals surface area contributed by atoms with Gasteiger partial charge in [-0.25, -0.2) is 0 Å². The van der Waals surface area contributed by atoms with Crippen molar-refractivity contribution in [2.45, 2.75) is 19.9 Å². The van der Waals surface area contributed by atoms with Crippen LogP contribution in [0.15, 0.2) is 18.2 Å². The first-order chi connectivity index (χ1) is 9.22. The van der Waals surface area contributed by atoms with Crippen molar-refractivity contribution in [3.63, 3.8) is 0 Å². The second-order valence-corrected chi connectivity index (χ2v) is 6.42. The first-order valence-corrected chi connectivity index (χ1v) is 8.16. The molecule has 1 aliphatic heterocycles. The van der Waals surface area contributed by atoms with Gasteiger partial charge in [0.15, 0.2) is 0 Å². The van der Waals surface area contributed by atoms with Crippen molar-refractivity contribution in [1.29, 1.82) is 0 Å². The van der Waals surface area contributed by atoms with Crippen LogP contribution in [-0.4, -0.2) is 34.7 Å². The van der Waals surface area contributed by atoms with Crippen LogP contribution in [0.5, 0.6) is 0 Å². The van der Waals surface area contributed by atoms with Crippen molar-refractivity contribution in [2.75, 3.05) is 24.6 Å². The van der Waals surface area contributed by atoms with E-state index in [1.54, 1.807) is 0 Å². The van der Waals surface area contributed by atoms with Gasteiger partial charge < -0.3 is 10.6 Å². The Hall–Kier alpha value is -1.20. The monoisotopic (exact) mass is 280 g/mol. The molecule has 2 rings (SSSR count). The van der Waals surface area contributed by atoms with Gasteiger partial charge in [-0.1, -0.05) is 19.1 Å². The molecule has 0 spiro atoms. The Bertz CT molecular complexity index is 488. The first kappa shape index (κ1) is 14.2. The number of fused-ring (bicyclic) bond motifs is 1. The van der Waals surface area contributed by atoms with Gasteiger partial charge in [0.2, 0.25) is 0 Å². The Morgan fingerprint density at radius 2 is 2.32 bits per heavy atom. The van der Waals surface area contributed by atoms with Gasteiger partial charge in [-0.15, -0.1) is 0 Å².